The Labute approximate surface area is 139 Å². The van der Waals surface area contributed by atoms with Crippen molar-refractivity contribution in [2.45, 2.75) is 31.7 Å². The first-order valence-corrected chi connectivity index (χ1v) is 8.05. The number of amides is 1. The average Bonchev–Trinajstić information content (AvgIpc) is 2.74. The van der Waals surface area contributed by atoms with Gasteiger partial charge in [-0.3, -0.25) is 4.79 Å². The van der Waals surface area contributed by atoms with Crippen LogP contribution in [0.25, 0.3) is 0 Å². The van der Waals surface area contributed by atoms with Crippen LogP contribution in [0.1, 0.15) is 46.9 Å². The minimum Gasteiger partial charge on any atom is -0.346 e. The van der Waals surface area contributed by atoms with Crippen molar-refractivity contribution in [1.82, 2.24) is 4.57 Å². The lowest BCUT2D eigenvalue weighted by atomic mass is 10.0. The molecule has 3 rings (SSSR count). The van der Waals surface area contributed by atoms with Crippen molar-refractivity contribution in [3.63, 3.8) is 0 Å². The standard InChI is InChI=1S/C17H19ClFN3O/c1-22-9-12-11(4-2-3-5-15(12)20)16(22)17(23)21-10-6-7-14(19)13(18)8-10/h6-9,15H,2-5,20H2,1H3,(H,21,23). The lowest BCUT2D eigenvalue weighted by Crippen LogP contribution is -2.17. The Morgan fingerprint density at radius 2 is 2.22 bits per heavy atom. The molecular formula is C17H19ClFN3O. The molecule has 1 atom stereocenters. The SMILES string of the molecule is Cn1cc2c(c1C(=O)Nc1ccc(F)c(Cl)c1)CCCCC2N. The molecule has 2 aromatic rings. The van der Waals surface area contributed by atoms with E-state index < -0.39 is 5.82 Å². The molecule has 4 nitrogen and oxygen atoms in total. The molecule has 122 valence electrons. The molecule has 1 aromatic heterocycles. The molecule has 0 fully saturated rings. The Hall–Kier alpha value is -1.85. The zero-order valence-electron chi connectivity index (χ0n) is 12.9. The molecule has 1 aliphatic carbocycles. The predicted octanol–water partition coefficient (Wildman–Crippen LogP) is 3.80. The fraction of sp³-hybridized carbons (Fsp3) is 0.353. The van der Waals surface area contributed by atoms with Crippen LogP contribution >= 0.6 is 11.6 Å². The molecule has 3 N–H and O–H groups in total. The van der Waals surface area contributed by atoms with Crippen molar-refractivity contribution in [1.29, 1.82) is 0 Å². The highest BCUT2D eigenvalue weighted by molar-refractivity contribution is 6.31. The summed E-state index contributed by atoms with van der Waals surface area (Å²) in [5.41, 5.74) is 9.35. The van der Waals surface area contributed by atoms with E-state index in [0.29, 0.717) is 11.4 Å². The number of nitrogens with zero attached hydrogens (tertiary/aromatic N) is 1. The summed E-state index contributed by atoms with van der Waals surface area (Å²) < 4.78 is 15.0. The second-order valence-corrected chi connectivity index (χ2v) is 6.36. The number of aromatic nitrogens is 1. The third-order valence-electron chi connectivity index (χ3n) is 4.30. The average molecular weight is 336 g/mol. The van der Waals surface area contributed by atoms with E-state index in [1.54, 1.807) is 0 Å². The molecule has 0 spiro atoms. The van der Waals surface area contributed by atoms with E-state index in [2.05, 4.69) is 5.32 Å². The van der Waals surface area contributed by atoms with Gasteiger partial charge in [0.2, 0.25) is 0 Å². The first-order valence-electron chi connectivity index (χ1n) is 7.67. The van der Waals surface area contributed by atoms with Crippen molar-refractivity contribution in [2.75, 3.05) is 5.32 Å². The van der Waals surface area contributed by atoms with Gasteiger partial charge in [0.05, 0.1) is 5.02 Å². The fourth-order valence-corrected chi connectivity index (χ4v) is 3.35. The van der Waals surface area contributed by atoms with Gasteiger partial charge >= 0.3 is 0 Å². The molecule has 0 aliphatic heterocycles. The molecule has 0 radical (unpaired) electrons. The zero-order valence-corrected chi connectivity index (χ0v) is 13.7. The molecule has 23 heavy (non-hydrogen) atoms. The van der Waals surface area contributed by atoms with E-state index in [0.717, 1.165) is 36.8 Å². The number of anilines is 1. The molecule has 0 bridgehead atoms. The summed E-state index contributed by atoms with van der Waals surface area (Å²) in [4.78, 5) is 12.7. The van der Waals surface area contributed by atoms with Gasteiger partial charge in [-0.15, -0.1) is 0 Å². The van der Waals surface area contributed by atoms with Crippen LogP contribution in [-0.2, 0) is 13.5 Å². The molecular weight excluding hydrogens is 317 g/mol. The number of nitrogens with two attached hydrogens (primary N) is 1. The molecule has 6 heteroatoms. The highest BCUT2D eigenvalue weighted by Gasteiger charge is 2.25. The van der Waals surface area contributed by atoms with Crippen LogP contribution in [0.4, 0.5) is 10.1 Å². The zero-order chi connectivity index (χ0) is 16.6. The van der Waals surface area contributed by atoms with E-state index in [-0.39, 0.29) is 17.0 Å². The predicted molar refractivity (Wildman–Crippen MR) is 89.3 cm³/mol. The largest absolute Gasteiger partial charge is 0.346 e. The first-order chi connectivity index (χ1) is 11.0. The Kier molecular flexibility index (Phi) is 4.41. The van der Waals surface area contributed by atoms with E-state index in [1.807, 2.05) is 17.8 Å². The quantitative estimate of drug-likeness (QED) is 0.820. The van der Waals surface area contributed by atoms with E-state index in [1.165, 1.54) is 18.2 Å². The summed E-state index contributed by atoms with van der Waals surface area (Å²) in [7, 11) is 1.84. The minimum atomic E-state index is -0.511. The van der Waals surface area contributed by atoms with Crippen molar-refractivity contribution in [3.05, 3.63) is 52.1 Å². The van der Waals surface area contributed by atoms with Gasteiger partial charge in [0, 0.05) is 25.0 Å². The van der Waals surface area contributed by atoms with Crippen LogP contribution in [0, 0.1) is 5.82 Å². The highest BCUT2D eigenvalue weighted by atomic mass is 35.5. The topological polar surface area (TPSA) is 60.0 Å². The van der Waals surface area contributed by atoms with Gasteiger partial charge in [-0.2, -0.15) is 0 Å². The maximum absolute atomic E-state index is 13.2. The molecule has 1 unspecified atom stereocenters. The van der Waals surface area contributed by atoms with Crippen molar-refractivity contribution in [2.24, 2.45) is 12.8 Å². The number of nitrogens with one attached hydrogen (secondary N) is 1. The summed E-state index contributed by atoms with van der Waals surface area (Å²) in [6, 6.07) is 4.11. The lowest BCUT2D eigenvalue weighted by Gasteiger charge is -2.10. The third kappa shape index (κ3) is 3.12. The summed E-state index contributed by atoms with van der Waals surface area (Å²) in [6.45, 7) is 0. The van der Waals surface area contributed by atoms with Crippen LogP contribution in [0.2, 0.25) is 5.02 Å². The maximum Gasteiger partial charge on any atom is 0.272 e. The van der Waals surface area contributed by atoms with Crippen LogP contribution in [-0.4, -0.2) is 10.5 Å². The second kappa shape index (κ2) is 6.34. The normalized spacial score (nSPS) is 17.5. The highest BCUT2D eigenvalue weighted by Crippen LogP contribution is 2.31. The lowest BCUT2D eigenvalue weighted by molar-refractivity contribution is 0.101. The number of rotatable bonds is 2. The van der Waals surface area contributed by atoms with Crippen LogP contribution < -0.4 is 11.1 Å². The monoisotopic (exact) mass is 335 g/mol. The molecule has 1 amide bonds. The summed E-state index contributed by atoms with van der Waals surface area (Å²) in [5, 5.41) is 2.77. The summed E-state index contributed by atoms with van der Waals surface area (Å²) in [5.74, 6) is -0.742. The van der Waals surface area contributed by atoms with Gasteiger partial charge in [-0.1, -0.05) is 18.0 Å². The van der Waals surface area contributed by atoms with Gasteiger partial charge in [-0.05, 0) is 48.6 Å². The van der Waals surface area contributed by atoms with Crippen molar-refractivity contribution >= 4 is 23.2 Å². The van der Waals surface area contributed by atoms with Gasteiger partial charge in [0.15, 0.2) is 0 Å². The number of halogens is 2. The smallest absolute Gasteiger partial charge is 0.272 e. The fourth-order valence-electron chi connectivity index (χ4n) is 3.17. The maximum atomic E-state index is 13.2. The van der Waals surface area contributed by atoms with E-state index in [4.69, 9.17) is 17.3 Å². The number of aryl methyl sites for hydroxylation is 1. The van der Waals surface area contributed by atoms with Gasteiger partial charge in [0.25, 0.3) is 5.91 Å². The second-order valence-electron chi connectivity index (χ2n) is 5.96. The van der Waals surface area contributed by atoms with Gasteiger partial charge in [0.1, 0.15) is 11.5 Å². The molecule has 1 aliphatic rings. The number of fused-ring (bicyclic) bond motifs is 1. The van der Waals surface area contributed by atoms with E-state index >= 15 is 0 Å². The number of carbonyl (C=O) groups is 1. The molecule has 1 aromatic carbocycles. The summed E-state index contributed by atoms with van der Waals surface area (Å²) in [6.07, 6.45) is 5.81. The summed E-state index contributed by atoms with van der Waals surface area (Å²) >= 11 is 5.76. The first kappa shape index (κ1) is 16.0. The Morgan fingerprint density at radius 1 is 1.43 bits per heavy atom. The number of hydrogen-bond donors (Lipinski definition) is 2. The molecule has 0 saturated carbocycles. The Bertz CT molecular complexity index is 757. The van der Waals surface area contributed by atoms with Gasteiger partial charge in [-0.25, -0.2) is 4.39 Å². The minimum absolute atomic E-state index is 0.0180. The van der Waals surface area contributed by atoms with Crippen LogP contribution in [0.3, 0.4) is 0 Å². The van der Waals surface area contributed by atoms with E-state index in [9.17, 15) is 9.18 Å². The number of benzene rings is 1. The van der Waals surface area contributed by atoms with Crippen molar-refractivity contribution in [3.8, 4) is 0 Å². The molecule has 0 saturated heterocycles. The Morgan fingerprint density at radius 3 is 2.96 bits per heavy atom. The van der Waals surface area contributed by atoms with Crippen molar-refractivity contribution < 1.29 is 9.18 Å². The van der Waals surface area contributed by atoms with Crippen LogP contribution in [0.15, 0.2) is 24.4 Å². The molecule has 1 heterocycles. The number of carbonyl (C=O) groups excluding carboxylic acids is 1. The third-order valence-corrected chi connectivity index (χ3v) is 4.59. The van der Waals surface area contributed by atoms with Gasteiger partial charge < -0.3 is 15.6 Å². The Balaban J connectivity index is 1.92. The van der Waals surface area contributed by atoms with Crippen LogP contribution in [0.5, 0.6) is 0 Å². The number of hydrogen-bond acceptors (Lipinski definition) is 2.